The third-order valence-corrected chi connectivity index (χ3v) is 3.89. The summed E-state index contributed by atoms with van der Waals surface area (Å²) in [5.41, 5.74) is 1.17. The molecule has 0 radical (unpaired) electrons. The van der Waals surface area contributed by atoms with Gasteiger partial charge in [-0.2, -0.15) is 5.10 Å². The number of hydrogen-bond acceptors (Lipinski definition) is 4. The molecule has 24 heavy (non-hydrogen) atoms. The van der Waals surface area contributed by atoms with E-state index >= 15 is 0 Å². The largest absolute Gasteiger partial charge is 0.377 e. The van der Waals surface area contributed by atoms with Crippen LogP contribution in [-0.4, -0.2) is 42.3 Å². The lowest BCUT2D eigenvalue weighted by Crippen LogP contribution is -2.19. The van der Waals surface area contributed by atoms with Crippen LogP contribution in [0.15, 0.2) is 47.2 Å². The monoisotopic (exact) mass is 396 g/mol. The molecule has 0 saturated heterocycles. The SMILES string of the molecule is C[C@H](COCCOC[C@H](C)n1cc(Br)cn1)OCc1ccccc1. The van der Waals surface area contributed by atoms with E-state index in [0.717, 1.165) is 4.47 Å². The molecule has 2 aromatic rings. The van der Waals surface area contributed by atoms with Gasteiger partial charge in [-0.05, 0) is 35.3 Å². The summed E-state index contributed by atoms with van der Waals surface area (Å²) < 4.78 is 19.8. The van der Waals surface area contributed by atoms with E-state index in [1.807, 2.05) is 36.0 Å². The molecule has 132 valence electrons. The highest BCUT2D eigenvalue weighted by Gasteiger charge is 2.06. The quantitative estimate of drug-likeness (QED) is 0.541. The van der Waals surface area contributed by atoms with E-state index in [4.69, 9.17) is 14.2 Å². The van der Waals surface area contributed by atoms with Crippen molar-refractivity contribution in [3.8, 4) is 0 Å². The van der Waals surface area contributed by atoms with Crippen LogP contribution in [0, 0.1) is 0 Å². The van der Waals surface area contributed by atoms with Crippen LogP contribution in [0.2, 0.25) is 0 Å². The lowest BCUT2D eigenvalue weighted by molar-refractivity contribution is -0.0316. The summed E-state index contributed by atoms with van der Waals surface area (Å²) >= 11 is 3.39. The highest BCUT2D eigenvalue weighted by Crippen LogP contribution is 2.11. The Balaban J connectivity index is 1.48. The molecule has 0 aliphatic carbocycles. The highest BCUT2D eigenvalue weighted by molar-refractivity contribution is 9.10. The topological polar surface area (TPSA) is 45.5 Å². The van der Waals surface area contributed by atoms with Gasteiger partial charge < -0.3 is 14.2 Å². The molecule has 0 unspecified atom stereocenters. The molecule has 0 aliphatic rings. The van der Waals surface area contributed by atoms with Crippen molar-refractivity contribution in [1.29, 1.82) is 0 Å². The zero-order chi connectivity index (χ0) is 17.2. The minimum Gasteiger partial charge on any atom is -0.377 e. The zero-order valence-electron chi connectivity index (χ0n) is 14.2. The van der Waals surface area contributed by atoms with Crippen LogP contribution < -0.4 is 0 Å². The van der Waals surface area contributed by atoms with Gasteiger partial charge in [0, 0.05) is 6.20 Å². The molecule has 0 amide bonds. The van der Waals surface area contributed by atoms with Crippen LogP contribution in [0.4, 0.5) is 0 Å². The number of halogens is 1. The molecule has 1 aromatic carbocycles. The third-order valence-electron chi connectivity index (χ3n) is 3.48. The van der Waals surface area contributed by atoms with E-state index in [0.29, 0.717) is 33.0 Å². The molecule has 0 aliphatic heterocycles. The predicted molar refractivity (Wildman–Crippen MR) is 97.0 cm³/mol. The van der Waals surface area contributed by atoms with Crippen molar-refractivity contribution < 1.29 is 14.2 Å². The van der Waals surface area contributed by atoms with E-state index < -0.39 is 0 Å². The van der Waals surface area contributed by atoms with Gasteiger partial charge in [0.05, 0.1) is 55.8 Å². The number of hydrogen-bond donors (Lipinski definition) is 0. The van der Waals surface area contributed by atoms with E-state index in [2.05, 4.69) is 40.1 Å². The Labute approximate surface area is 152 Å². The standard InChI is InChI=1S/C18H25BrN2O3/c1-15(21-11-18(19)10-20-21)12-22-8-9-23-13-16(2)24-14-17-6-4-3-5-7-17/h3-7,10-11,15-16H,8-9,12-14H2,1-2H3/t15-,16+/m0/s1. The van der Waals surface area contributed by atoms with Gasteiger partial charge in [-0.25, -0.2) is 0 Å². The molecular weight excluding hydrogens is 372 g/mol. The summed E-state index contributed by atoms with van der Waals surface area (Å²) in [5, 5.41) is 4.24. The lowest BCUT2D eigenvalue weighted by Gasteiger charge is -2.15. The average Bonchev–Trinajstić information content (AvgIpc) is 3.03. The highest BCUT2D eigenvalue weighted by atomic mass is 79.9. The van der Waals surface area contributed by atoms with Crippen molar-refractivity contribution in [2.24, 2.45) is 0 Å². The fourth-order valence-corrected chi connectivity index (χ4v) is 2.42. The van der Waals surface area contributed by atoms with Gasteiger partial charge in [0.2, 0.25) is 0 Å². The summed E-state index contributed by atoms with van der Waals surface area (Å²) in [6.07, 6.45) is 3.78. The Morgan fingerprint density at radius 3 is 2.46 bits per heavy atom. The van der Waals surface area contributed by atoms with Crippen molar-refractivity contribution >= 4 is 15.9 Å². The second-order valence-corrected chi connectivity index (χ2v) is 6.66. The molecule has 0 fully saturated rings. The van der Waals surface area contributed by atoms with E-state index in [1.54, 1.807) is 6.20 Å². The van der Waals surface area contributed by atoms with Gasteiger partial charge in [0.15, 0.2) is 0 Å². The van der Waals surface area contributed by atoms with Crippen molar-refractivity contribution in [2.75, 3.05) is 26.4 Å². The molecule has 6 heteroatoms. The molecule has 2 atom stereocenters. The number of aromatic nitrogens is 2. The Morgan fingerprint density at radius 1 is 1.08 bits per heavy atom. The number of rotatable bonds is 11. The van der Waals surface area contributed by atoms with Crippen LogP contribution in [0.3, 0.4) is 0 Å². The average molecular weight is 397 g/mol. The Kier molecular flexibility index (Phi) is 8.45. The normalized spacial score (nSPS) is 13.8. The first-order valence-corrected chi connectivity index (χ1v) is 8.95. The Morgan fingerprint density at radius 2 is 1.79 bits per heavy atom. The predicted octanol–water partition coefficient (Wildman–Crippen LogP) is 3.85. The molecule has 1 aromatic heterocycles. The van der Waals surface area contributed by atoms with Crippen LogP contribution in [0.25, 0.3) is 0 Å². The maximum atomic E-state index is 5.75. The van der Waals surface area contributed by atoms with Crippen molar-refractivity contribution in [1.82, 2.24) is 9.78 Å². The van der Waals surface area contributed by atoms with Crippen molar-refractivity contribution in [2.45, 2.75) is 32.6 Å². The lowest BCUT2D eigenvalue weighted by atomic mass is 10.2. The Bertz CT molecular complexity index is 577. The first kappa shape index (κ1) is 19.1. The number of benzene rings is 1. The molecule has 0 bridgehead atoms. The van der Waals surface area contributed by atoms with E-state index in [9.17, 15) is 0 Å². The molecule has 5 nitrogen and oxygen atoms in total. The maximum absolute atomic E-state index is 5.75. The van der Waals surface area contributed by atoms with Crippen LogP contribution in [-0.2, 0) is 20.8 Å². The van der Waals surface area contributed by atoms with Crippen LogP contribution >= 0.6 is 15.9 Å². The second-order valence-electron chi connectivity index (χ2n) is 5.74. The number of ether oxygens (including phenoxy) is 3. The number of nitrogens with zero attached hydrogens (tertiary/aromatic N) is 2. The van der Waals surface area contributed by atoms with Gasteiger partial charge in [-0.3, -0.25) is 4.68 Å². The fourth-order valence-electron chi connectivity index (χ4n) is 2.11. The first-order valence-electron chi connectivity index (χ1n) is 8.16. The van der Waals surface area contributed by atoms with Crippen molar-refractivity contribution in [3.63, 3.8) is 0 Å². The van der Waals surface area contributed by atoms with Gasteiger partial charge in [0.1, 0.15) is 0 Å². The zero-order valence-corrected chi connectivity index (χ0v) is 15.8. The van der Waals surface area contributed by atoms with Gasteiger partial charge in [-0.15, -0.1) is 0 Å². The smallest absolute Gasteiger partial charge is 0.0785 e. The van der Waals surface area contributed by atoms with Crippen LogP contribution in [0.5, 0.6) is 0 Å². The van der Waals surface area contributed by atoms with Crippen molar-refractivity contribution in [3.05, 3.63) is 52.8 Å². The first-order chi connectivity index (χ1) is 11.6. The molecule has 1 heterocycles. The Hall–Kier alpha value is -1.21. The minimum absolute atomic E-state index is 0.0607. The fraction of sp³-hybridized carbons (Fsp3) is 0.500. The van der Waals surface area contributed by atoms with E-state index in [-0.39, 0.29) is 12.1 Å². The summed E-state index contributed by atoms with van der Waals surface area (Å²) in [4.78, 5) is 0. The van der Waals surface area contributed by atoms with Crippen LogP contribution in [0.1, 0.15) is 25.5 Å². The summed E-state index contributed by atoms with van der Waals surface area (Å²) in [5.74, 6) is 0. The second kappa shape index (κ2) is 10.6. The summed E-state index contributed by atoms with van der Waals surface area (Å²) in [6.45, 7) is 7.00. The van der Waals surface area contributed by atoms with Gasteiger partial charge in [-0.1, -0.05) is 30.3 Å². The minimum atomic E-state index is 0.0607. The molecular formula is C18H25BrN2O3. The third kappa shape index (κ3) is 7.13. The van der Waals surface area contributed by atoms with Gasteiger partial charge >= 0.3 is 0 Å². The van der Waals surface area contributed by atoms with E-state index in [1.165, 1.54) is 5.56 Å². The summed E-state index contributed by atoms with van der Waals surface area (Å²) in [7, 11) is 0. The van der Waals surface area contributed by atoms with Gasteiger partial charge in [0.25, 0.3) is 0 Å². The summed E-state index contributed by atoms with van der Waals surface area (Å²) in [6, 6.07) is 10.3. The molecule has 2 rings (SSSR count). The molecule has 0 saturated carbocycles. The molecule has 0 spiro atoms. The maximum Gasteiger partial charge on any atom is 0.0785 e. The molecule has 0 N–H and O–H groups in total.